The number of anilines is 1. The fraction of sp³-hybridized carbons (Fsp3) is 0.429. The molecule has 3 nitrogen and oxygen atoms in total. The van der Waals surface area contributed by atoms with Gasteiger partial charge in [0, 0.05) is 22.2 Å². The lowest BCUT2D eigenvalue weighted by atomic mass is 9.91. The van der Waals surface area contributed by atoms with Gasteiger partial charge in [-0.25, -0.2) is 0 Å². The van der Waals surface area contributed by atoms with Gasteiger partial charge in [0.05, 0.1) is 5.92 Å². The fourth-order valence-electron chi connectivity index (χ4n) is 2.30. The molecule has 0 aliphatic carbocycles. The smallest absolute Gasteiger partial charge is 0.237 e. The van der Waals surface area contributed by atoms with Crippen molar-refractivity contribution in [2.75, 3.05) is 11.4 Å². The highest BCUT2D eigenvalue weighted by Crippen LogP contribution is 2.26. The number of halogens is 1. The number of amides is 1. The number of carbonyl (C=O) groups is 2. The highest BCUT2D eigenvalue weighted by Gasteiger charge is 2.33. The van der Waals surface area contributed by atoms with Crippen molar-refractivity contribution >= 4 is 40.0 Å². The van der Waals surface area contributed by atoms with E-state index in [0.29, 0.717) is 19.4 Å². The van der Waals surface area contributed by atoms with Gasteiger partial charge in [0.15, 0.2) is 0 Å². The lowest BCUT2D eigenvalue weighted by Crippen LogP contribution is -2.44. The van der Waals surface area contributed by atoms with Crippen molar-refractivity contribution < 1.29 is 9.59 Å². The third-order valence-corrected chi connectivity index (χ3v) is 4.03. The molecule has 96 valence electrons. The van der Waals surface area contributed by atoms with E-state index in [1.807, 2.05) is 31.2 Å². The second-order valence-corrected chi connectivity index (χ2v) is 5.73. The predicted molar refractivity (Wildman–Crippen MR) is 79.5 cm³/mol. The highest BCUT2D eigenvalue weighted by molar-refractivity contribution is 14.1. The third-order valence-electron chi connectivity index (χ3n) is 3.31. The molecule has 0 radical (unpaired) electrons. The van der Waals surface area contributed by atoms with Crippen molar-refractivity contribution in [3.05, 3.63) is 27.8 Å². The molecule has 18 heavy (non-hydrogen) atoms. The zero-order chi connectivity index (χ0) is 13.1. The van der Waals surface area contributed by atoms with Gasteiger partial charge in [0.2, 0.25) is 5.91 Å². The molecule has 0 spiro atoms. The summed E-state index contributed by atoms with van der Waals surface area (Å²) in [5.41, 5.74) is 0.897. The van der Waals surface area contributed by atoms with E-state index in [9.17, 15) is 9.59 Å². The third kappa shape index (κ3) is 2.74. The van der Waals surface area contributed by atoms with E-state index in [0.717, 1.165) is 15.7 Å². The van der Waals surface area contributed by atoms with Gasteiger partial charge in [-0.05, 0) is 59.7 Å². The molecule has 1 heterocycles. The van der Waals surface area contributed by atoms with Gasteiger partial charge in [0.25, 0.3) is 0 Å². The Labute approximate surface area is 121 Å². The number of hydrogen-bond acceptors (Lipinski definition) is 2. The number of nitrogens with zero attached hydrogens (tertiary/aromatic N) is 1. The van der Waals surface area contributed by atoms with Gasteiger partial charge in [-0.15, -0.1) is 0 Å². The SMILES string of the molecule is CCC(=O)[C@@H]1CCCN(c2ccc(I)cc2)C1=O. The molecule has 1 aromatic rings. The summed E-state index contributed by atoms with van der Waals surface area (Å²) in [6.45, 7) is 2.53. The Balaban J connectivity index is 2.21. The maximum absolute atomic E-state index is 12.3. The molecule has 1 aromatic carbocycles. The first kappa shape index (κ1) is 13.5. The zero-order valence-electron chi connectivity index (χ0n) is 10.4. The van der Waals surface area contributed by atoms with Crippen LogP contribution in [0.3, 0.4) is 0 Å². The van der Waals surface area contributed by atoms with E-state index < -0.39 is 5.92 Å². The molecule has 0 bridgehead atoms. The summed E-state index contributed by atoms with van der Waals surface area (Å²) in [6, 6.07) is 7.85. The van der Waals surface area contributed by atoms with Crippen LogP contribution in [-0.2, 0) is 9.59 Å². The summed E-state index contributed by atoms with van der Waals surface area (Å²) >= 11 is 2.24. The fourth-order valence-corrected chi connectivity index (χ4v) is 2.66. The Morgan fingerprint density at radius 2 is 2.06 bits per heavy atom. The molecule has 1 aliphatic heterocycles. The van der Waals surface area contributed by atoms with Crippen LogP contribution in [0.2, 0.25) is 0 Å². The van der Waals surface area contributed by atoms with Crippen LogP contribution >= 0.6 is 22.6 Å². The molecule has 1 saturated heterocycles. The number of Topliss-reactive ketones (excluding diaryl/α,β-unsaturated/α-hetero) is 1. The van der Waals surface area contributed by atoms with E-state index >= 15 is 0 Å². The van der Waals surface area contributed by atoms with E-state index in [1.165, 1.54) is 0 Å². The summed E-state index contributed by atoms with van der Waals surface area (Å²) in [5, 5.41) is 0. The zero-order valence-corrected chi connectivity index (χ0v) is 12.5. The molecule has 4 heteroatoms. The molecule has 1 aliphatic rings. The van der Waals surface area contributed by atoms with Crippen molar-refractivity contribution in [3.63, 3.8) is 0 Å². The Bertz CT molecular complexity index is 455. The van der Waals surface area contributed by atoms with Crippen molar-refractivity contribution in [1.82, 2.24) is 0 Å². The van der Waals surface area contributed by atoms with Crippen LogP contribution in [0.4, 0.5) is 5.69 Å². The monoisotopic (exact) mass is 357 g/mol. The normalized spacial score (nSPS) is 20.0. The Hall–Kier alpha value is -0.910. The van der Waals surface area contributed by atoms with Gasteiger partial charge >= 0.3 is 0 Å². The van der Waals surface area contributed by atoms with Crippen molar-refractivity contribution in [3.8, 4) is 0 Å². The predicted octanol–water partition coefficient (Wildman–Crippen LogP) is 3.01. The Kier molecular flexibility index (Phi) is 4.37. The minimum Gasteiger partial charge on any atom is -0.312 e. The lowest BCUT2D eigenvalue weighted by molar-refractivity contribution is -0.133. The van der Waals surface area contributed by atoms with Crippen LogP contribution in [-0.4, -0.2) is 18.2 Å². The molecule has 1 atom stereocenters. The van der Waals surface area contributed by atoms with Gasteiger partial charge in [0.1, 0.15) is 5.78 Å². The van der Waals surface area contributed by atoms with Crippen molar-refractivity contribution in [2.24, 2.45) is 5.92 Å². The molecule has 2 rings (SSSR count). The molecule has 1 amide bonds. The van der Waals surface area contributed by atoms with E-state index in [2.05, 4.69) is 22.6 Å². The minimum atomic E-state index is -0.428. The molecule has 0 unspecified atom stereocenters. The first-order valence-electron chi connectivity index (χ1n) is 6.23. The average molecular weight is 357 g/mol. The van der Waals surface area contributed by atoms with Crippen LogP contribution in [0.1, 0.15) is 26.2 Å². The van der Waals surface area contributed by atoms with E-state index in [4.69, 9.17) is 0 Å². The summed E-state index contributed by atoms with van der Waals surface area (Å²) in [4.78, 5) is 25.8. The second kappa shape index (κ2) is 5.82. The van der Waals surface area contributed by atoms with Gasteiger partial charge in [-0.3, -0.25) is 9.59 Å². The van der Waals surface area contributed by atoms with Crippen molar-refractivity contribution in [2.45, 2.75) is 26.2 Å². The number of hydrogen-bond donors (Lipinski definition) is 0. The van der Waals surface area contributed by atoms with Gasteiger partial charge in [-0.1, -0.05) is 6.92 Å². The van der Waals surface area contributed by atoms with Gasteiger partial charge in [-0.2, -0.15) is 0 Å². The minimum absolute atomic E-state index is 0.0330. The van der Waals surface area contributed by atoms with Crippen LogP contribution < -0.4 is 4.90 Å². The number of rotatable bonds is 3. The molecule has 0 saturated carbocycles. The lowest BCUT2D eigenvalue weighted by Gasteiger charge is -2.31. The Morgan fingerprint density at radius 3 is 2.67 bits per heavy atom. The van der Waals surface area contributed by atoms with Crippen LogP contribution in [0.15, 0.2) is 24.3 Å². The summed E-state index contributed by atoms with van der Waals surface area (Å²) in [6.07, 6.45) is 2.04. The topological polar surface area (TPSA) is 37.4 Å². The van der Waals surface area contributed by atoms with Crippen LogP contribution in [0.25, 0.3) is 0 Å². The maximum Gasteiger partial charge on any atom is 0.237 e. The first-order chi connectivity index (χ1) is 8.63. The van der Waals surface area contributed by atoms with E-state index in [-0.39, 0.29) is 11.7 Å². The average Bonchev–Trinajstić information content (AvgIpc) is 2.39. The van der Waals surface area contributed by atoms with E-state index in [1.54, 1.807) is 4.90 Å². The second-order valence-electron chi connectivity index (χ2n) is 4.48. The molecular weight excluding hydrogens is 341 g/mol. The van der Waals surface area contributed by atoms with Crippen LogP contribution in [0.5, 0.6) is 0 Å². The van der Waals surface area contributed by atoms with Crippen LogP contribution in [0, 0.1) is 9.49 Å². The first-order valence-corrected chi connectivity index (χ1v) is 7.31. The number of carbonyl (C=O) groups excluding carboxylic acids is 2. The summed E-state index contributed by atoms with van der Waals surface area (Å²) in [7, 11) is 0. The number of benzene rings is 1. The van der Waals surface area contributed by atoms with Crippen molar-refractivity contribution in [1.29, 1.82) is 0 Å². The summed E-state index contributed by atoms with van der Waals surface area (Å²) in [5.74, 6) is -0.396. The standard InChI is InChI=1S/C14H16INO2/c1-2-13(17)12-4-3-9-16(14(12)18)11-7-5-10(15)6-8-11/h5-8,12H,2-4,9H2,1H3/t12-/m0/s1. The molecular formula is C14H16INO2. The molecule has 0 aromatic heterocycles. The Morgan fingerprint density at radius 1 is 1.39 bits per heavy atom. The largest absolute Gasteiger partial charge is 0.312 e. The highest BCUT2D eigenvalue weighted by atomic mass is 127. The van der Waals surface area contributed by atoms with Gasteiger partial charge < -0.3 is 4.90 Å². The maximum atomic E-state index is 12.3. The number of ketones is 1. The molecule has 0 N–H and O–H groups in total. The number of piperidine rings is 1. The summed E-state index contributed by atoms with van der Waals surface area (Å²) < 4.78 is 1.14. The molecule has 1 fully saturated rings. The quantitative estimate of drug-likeness (QED) is 0.616.